The molecule has 9 heteroatoms. The zero-order valence-corrected chi connectivity index (χ0v) is 15.1. The van der Waals surface area contributed by atoms with E-state index in [1.807, 2.05) is 0 Å². The van der Waals surface area contributed by atoms with Gasteiger partial charge in [-0.25, -0.2) is 4.98 Å². The van der Waals surface area contributed by atoms with Gasteiger partial charge in [-0.05, 0) is 18.2 Å². The zero-order chi connectivity index (χ0) is 18.7. The van der Waals surface area contributed by atoms with E-state index in [1.165, 1.54) is 11.8 Å². The van der Waals surface area contributed by atoms with Gasteiger partial charge in [-0.3, -0.25) is 14.4 Å². The third-order valence-electron chi connectivity index (χ3n) is 3.68. The summed E-state index contributed by atoms with van der Waals surface area (Å²) in [4.78, 5) is 44.0. The number of carbonyl (C=O) groups is 2. The average molecular weight is 391 g/mol. The minimum Gasteiger partial charge on any atom is -0.325 e. The summed E-state index contributed by atoms with van der Waals surface area (Å²) in [5, 5.41) is 6.07. The topological polar surface area (TPSA) is 104 Å². The number of amides is 2. The number of halogens is 1. The van der Waals surface area contributed by atoms with Gasteiger partial charge in [-0.15, -0.1) is 6.58 Å². The Morgan fingerprint density at radius 3 is 3.00 bits per heavy atom. The standard InChI is InChI=1S/C17H15ClN4O3S/c1-2-6-26-17-21-14-13(16(25)22-17)11(8-12(23)20-14)15(24)19-10-5-3-4-9(18)7-10/h2-5,7,11H,1,6,8H2,(H,19,24)(H2,20,21,22,23,25). The number of fused-ring (bicyclic) bond motifs is 1. The zero-order valence-electron chi connectivity index (χ0n) is 13.5. The molecule has 1 aromatic carbocycles. The van der Waals surface area contributed by atoms with E-state index in [2.05, 4.69) is 27.2 Å². The van der Waals surface area contributed by atoms with Crippen molar-refractivity contribution in [3.05, 3.63) is 57.9 Å². The van der Waals surface area contributed by atoms with E-state index in [0.29, 0.717) is 21.6 Å². The Bertz CT molecular complexity index is 944. The lowest BCUT2D eigenvalue weighted by atomic mass is 9.92. The van der Waals surface area contributed by atoms with E-state index in [4.69, 9.17) is 11.6 Å². The minimum absolute atomic E-state index is 0.114. The van der Waals surface area contributed by atoms with Crippen molar-refractivity contribution in [2.24, 2.45) is 0 Å². The van der Waals surface area contributed by atoms with Crippen molar-refractivity contribution in [2.45, 2.75) is 17.5 Å². The normalized spacial score (nSPS) is 15.7. The summed E-state index contributed by atoms with van der Waals surface area (Å²) in [6.07, 6.45) is 1.53. The summed E-state index contributed by atoms with van der Waals surface area (Å²) >= 11 is 7.18. The van der Waals surface area contributed by atoms with Gasteiger partial charge in [0.25, 0.3) is 5.56 Å². The number of nitrogens with zero attached hydrogens (tertiary/aromatic N) is 1. The van der Waals surface area contributed by atoms with Crippen molar-refractivity contribution >= 4 is 46.7 Å². The number of aromatic nitrogens is 2. The molecule has 1 unspecified atom stereocenters. The van der Waals surface area contributed by atoms with Crippen molar-refractivity contribution in [3.63, 3.8) is 0 Å². The largest absolute Gasteiger partial charge is 0.325 e. The predicted octanol–water partition coefficient (Wildman–Crippen LogP) is 2.77. The Kier molecular flexibility index (Phi) is 5.43. The monoisotopic (exact) mass is 390 g/mol. The van der Waals surface area contributed by atoms with Crippen LogP contribution >= 0.6 is 23.4 Å². The number of H-pyrrole nitrogens is 1. The first-order chi connectivity index (χ1) is 12.5. The highest BCUT2D eigenvalue weighted by Crippen LogP contribution is 2.30. The van der Waals surface area contributed by atoms with E-state index in [0.717, 1.165) is 0 Å². The Hall–Kier alpha value is -2.58. The second-order valence-electron chi connectivity index (χ2n) is 5.54. The summed E-state index contributed by atoms with van der Waals surface area (Å²) in [5.74, 6) is -1.12. The molecular weight excluding hydrogens is 376 g/mol. The predicted molar refractivity (Wildman–Crippen MR) is 102 cm³/mol. The maximum Gasteiger partial charge on any atom is 0.257 e. The smallest absolute Gasteiger partial charge is 0.257 e. The molecular formula is C17H15ClN4O3S. The SMILES string of the molecule is C=CCSc1nc2c(c(=O)[nH]1)C(C(=O)Nc1cccc(Cl)c1)CC(=O)N2. The molecule has 0 saturated carbocycles. The Balaban J connectivity index is 1.92. The lowest BCUT2D eigenvalue weighted by Crippen LogP contribution is -2.36. The van der Waals surface area contributed by atoms with Gasteiger partial charge in [-0.2, -0.15) is 0 Å². The van der Waals surface area contributed by atoms with Gasteiger partial charge >= 0.3 is 0 Å². The highest BCUT2D eigenvalue weighted by Gasteiger charge is 2.34. The third-order valence-corrected chi connectivity index (χ3v) is 4.78. The summed E-state index contributed by atoms with van der Waals surface area (Å²) in [6.45, 7) is 3.61. The molecule has 0 bridgehead atoms. The molecule has 1 aromatic heterocycles. The van der Waals surface area contributed by atoms with E-state index in [9.17, 15) is 14.4 Å². The second kappa shape index (κ2) is 7.76. The van der Waals surface area contributed by atoms with Gasteiger partial charge in [0.05, 0.1) is 11.5 Å². The number of rotatable bonds is 5. The van der Waals surface area contributed by atoms with Crippen LogP contribution in [0.2, 0.25) is 5.02 Å². The third kappa shape index (κ3) is 3.97. The fraction of sp³-hybridized carbons (Fsp3) is 0.176. The number of anilines is 2. The number of thioether (sulfide) groups is 1. The van der Waals surface area contributed by atoms with Crippen LogP contribution in [0.25, 0.3) is 0 Å². The van der Waals surface area contributed by atoms with Crippen molar-refractivity contribution < 1.29 is 9.59 Å². The van der Waals surface area contributed by atoms with Gasteiger partial charge in [0, 0.05) is 22.9 Å². The van der Waals surface area contributed by atoms with E-state index < -0.39 is 17.4 Å². The van der Waals surface area contributed by atoms with Crippen molar-refractivity contribution in [3.8, 4) is 0 Å². The van der Waals surface area contributed by atoms with Gasteiger partial charge in [0.1, 0.15) is 5.82 Å². The fourth-order valence-corrected chi connectivity index (χ4v) is 3.36. The first kappa shape index (κ1) is 18.2. The van der Waals surface area contributed by atoms with Crippen molar-refractivity contribution in [2.75, 3.05) is 16.4 Å². The molecule has 1 aliphatic heterocycles. The van der Waals surface area contributed by atoms with Gasteiger partial charge < -0.3 is 15.6 Å². The molecule has 0 spiro atoms. The molecule has 0 aliphatic carbocycles. The van der Waals surface area contributed by atoms with Crippen LogP contribution in [0, 0.1) is 0 Å². The van der Waals surface area contributed by atoms with Crippen LogP contribution in [0.1, 0.15) is 17.9 Å². The van der Waals surface area contributed by atoms with Crippen molar-refractivity contribution in [1.82, 2.24) is 9.97 Å². The van der Waals surface area contributed by atoms with E-state index in [1.54, 1.807) is 30.3 Å². The Morgan fingerprint density at radius 2 is 2.27 bits per heavy atom. The molecule has 134 valence electrons. The molecule has 0 fully saturated rings. The van der Waals surface area contributed by atoms with E-state index in [-0.39, 0.29) is 23.7 Å². The highest BCUT2D eigenvalue weighted by atomic mass is 35.5. The molecule has 3 N–H and O–H groups in total. The lowest BCUT2D eigenvalue weighted by molar-refractivity contribution is -0.123. The number of hydrogen-bond acceptors (Lipinski definition) is 5. The molecule has 26 heavy (non-hydrogen) atoms. The Morgan fingerprint density at radius 1 is 1.46 bits per heavy atom. The molecule has 2 heterocycles. The van der Waals surface area contributed by atoms with Crippen LogP contribution in [0.4, 0.5) is 11.5 Å². The highest BCUT2D eigenvalue weighted by molar-refractivity contribution is 7.99. The van der Waals surface area contributed by atoms with Gasteiger partial charge in [0.2, 0.25) is 11.8 Å². The number of hydrogen-bond donors (Lipinski definition) is 3. The second-order valence-corrected chi connectivity index (χ2v) is 6.98. The maximum absolute atomic E-state index is 12.7. The first-order valence-corrected chi connectivity index (χ1v) is 9.08. The van der Waals surface area contributed by atoms with Crippen LogP contribution in [0.3, 0.4) is 0 Å². The molecule has 0 saturated heterocycles. The van der Waals surface area contributed by atoms with Gasteiger partial charge in [0.15, 0.2) is 5.16 Å². The van der Waals surface area contributed by atoms with Gasteiger partial charge in [-0.1, -0.05) is 35.5 Å². The molecule has 1 aliphatic rings. The number of carbonyl (C=O) groups excluding carboxylic acids is 2. The van der Waals surface area contributed by atoms with Crippen LogP contribution in [-0.2, 0) is 9.59 Å². The minimum atomic E-state index is -0.938. The molecule has 7 nitrogen and oxygen atoms in total. The molecule has 2 amide bonds. The fourth-order valence-electron chi connectivity index (χ4n) is 2.58. The quantitative estimate of drug-likeness (QED) is 0.413. The molecule has 0 radical (unpaired) electrons. The Labute approximate surface area is 158 Å². The van der Waals surface area contributed by atoms with Crippen LogP contribution in [0.5, 0.6) is 0 Å². The van der Waals surface area contributed by atoms with Crippen LogP contribution in [-0.4, -0.2) is 27.5 Å². The number of aromatic amines is 1. The van der Waals surface area contributed by atoms with E-state index >= 15 is 0 Å². The summed E-state index contributed by atoms with van der Waals surface area (Å²) < 4.78 is 0. The maximum atomic E-state index is 12.7. The molecule has 2 aromatic rings. The van der Waals surface area contributed by atoms with Crippen molar-refractivity contribution in [1.29, 1.82) is 0 Å². The summed E-state index contributed by atoms with van der Waals surface area (Å²) in [5.41, 5.74) is 0.178. The summed E-state index contributed by atoms with van der Waals surface area (Å²) in [6, 6.07) is 6.63. The number of nitrogens with one attached hydrogen (secondary N) is 3. The molecule has 1 atom stereocenters. The number of benzene rings is 1. The average Bonchev–Trinajstić information content (AvgIpc) is 2.58. The first-order valence-electron chi connectivity index (χ1n) is 7.72. The lowest BCUT2D eigenvalue weighted by Gasteiger charge is -2.23. The van der Waals surface area contributed by atoms with Crippen LogP contribution < -0.4 is 16.2 Å². The summed E-state index contributed by atoms with van der Waals surface area (Å²) in [7, 11) is 0. The van der Waals surface area contributed by atoms with Crippen LogP contribution in [0.15, 0.2) is 46.9 Å². The molecule has 3 rings (SSSR count).